The van der Waals surface area contributed by atoms with Gasteiger partial charge in [-0.1, -0.05) is 12.8 Å². The Morgan fingerprint density at radius 2 is 1.78 bits per heavy atom. The number of nitrogens with one attached hydrogen (secondary N) is 2. The number of aliphatic carboxylic acids is 1. The number of hydrogen-bond donors (Lipinski definition) is 4. The first-order chi connectivity index (χ1) is 16.8. The standard InChI is InChI=1S/C18H19F3N6OS.C2HF3O2/c19-18(20,21)15-13(7-8-29-15)24-16(28)14-6-5-10-9-23-17(26-27(10)14)25-12-4-2-1-3-11(12)22;3-2(4,5)1(6)7/h5-9,11-12H,1-4,22H2,(H,24,28)(H,25,26);(H,6,7)/t11-,12+;/m0./s1. The van der Waals surface area contributed by atoms with Crippen molar-refractivity contribution in [2.45, 2.75) is 50.1 Å². The molecule has 0 aliphatic heterocycles. The summed E-state index contributed by atoms with van der Waals surface area (Å²) in [5.41, 5.74) is 6.53. The Balaban J connectivity index is 0.000000454. The van der Waals surface area contributed by atoms with Crippen LogP contribution in [0.3, 0.4) is 0 Å². The molecule has 0 aromatic carbocycles. The normalized spacial score (nSPS) is 18.3. The van der Waals surface area contributed by atoms with Gasteiger partial charge in [-0.15, -0.1) is 16.4 Å². The van der Waals surface area contributed by atoms with E-state index in [4.69, 9.17) is 15.6 Å². The van der Waals surface area contributed by atoms with Gasteiger partial charge in [-0.05, 0) is 36.4 Å². The van der Waals surface area contributed by atoms with Crippen LogP contribution in [0.1, 0.15) is 41.0 Å². The number of fused-ring (bicyclic) bond motifs is 1. The Morgan fingerprint density at radius 1 is 1.11 bits per heavy atom. The highest BCUT2D eigenvalue weighted by Gasteiger charge is 2.38. The number of halogens is 6. The topological polar surface area (TPSA) is 135 Å². The fourth-order valence-corrected chi connectivity index (χ4v) is 4.18. The van der Waals surface area contributed by atoms with Crippen LogP contribution in [0.15, 0.2) is 29.8 Å². The van der Waals surface area contributed by atoms with Crippen molar-refractivity contribution in [3.8, 4) is 0 Å². The molecule has 3 heterocycles. The maximum atomic E-state index is 13.0. The average Bonchev–Trinajstić information content (AvgIpc) is 3.42. The van der Waals surface area contributed by atoms with E-state index < -0.39 is 29.1 Å². The minimum absolute atomic E-state index is 0.00476. The predicted molar refractivity (Wildman–Crippen MR) is 118 cm³/mol. The molecule has 0 saturated heterocycles. The van der Waals surface area contributed by atoms with Gasteiger partial charge in [-0.3, -0.25) is 4.79 Å². The van der Waals surface area contributed by atoms with E-state index in [0.717, 1.165) is 25.7 Å². The zero-order valence-corrected chi connectivity index (χ0v) is 19.0. The van der Waals surface area contributed by atoms with Crippen LogP contribution in [0.25, 0.3) is 5.52 Å². The highest BCUT2D eigenvalue weighted by molar-refractivity contribution is 7.10. The molecule has 1 fully saturated rings. The van der Waals surface area contributed by atoms with Gasteiger partial charge >= 0.3 is 18.3 Å². The lowest BCUT2D eigenvalue weighted by molar-refractivity contribution is -0.192. The van der Waals surface area contributed by atoms with E-state index in [0.29, 0.717) is 22.8 Å². The smallest absolute Gasteiger partial charge is 0.475 e. The molecule has 3 aromatic heterocycles. The number of carboxylic acid groups (broad SMARTS) is 1. The van der Waals surface area contributed by atoms with E-state index in [9.17, 15) is 31.1 Å². The molecular formula is C20H20F6N6O3S. The number of carbonyl (C=O) groups is 2. The second kappa shape index (κ2) is 10.7. The number of alkyl halides is 6. The summed E-state index contributed by atoms with van der Waals surface area (Å²) in [5.74, 6) is -3.13. The number of carbonyl (C=O) groups excluding carboxylic acids is 1. The van der Waals surface area contributed by atoms with Crippen LogP contribution in [-0.4, -0.2) is 49.8 Å². The number of hydrogen-bond acceptors (Lipinski definition) is 7. The summed E-state index contributed by atoms with van der Waals surface area (Å²) in [6.07, 6.45) is -4.10. The van der Waals surface area contributed by atoms with Gasteiger partial charge < -0.3 is 21.5 Å². The van der Waals surface area contributed by atoms with Gasteiger partial charge in [0.05, 0.1) is 17.4 Å². The Morgan fingerprint density at radius 3 is 2.39 bits per heavy atom. The van der Waals surface area contributed by atoms with E-state index in [2.05, 4.69) is 20.7 Å². The van der Waals surface area contributed by atoms with E-state index in [1.807, 2.05) is 0 Å². The van der Waals surface area contributed by atoms with Crippen molar-refractivity contribution in [1.29, 1.82) is 0 Å². The average molecular weight is 538 g/mol. The molecule has 16 heteroatoms. The van der Waals surface area contributed by atoms with E-state index >= 15 is 0 Å². The fraction of sp³-hybridized carbons (Fsp3) is 0.400. The third-order valence-electron chi connectivity index (χ3n) is 5.18. The number of amides is 1. The number of nitrogens with two attached hydrogens (primary N) is 1. The van der Waals surface area contributed by atoms with Gasteiger partial charge in [0.2, 0.25) is 5.95 Å². The second-order valence-corrected chi connectivity index (χ2v) is 8.67. The molecule has 0 bridgehead atoms. The number of thiophene rings is 1. The number of carboxylic acids is 1. The maximum absolute atomic E-state index is 13.0. The Kier molecular flexibility index (Phi) is 8.08. The van der Waals surface area contributed by atoms with Gasteiger partial charge in [0, 0.05) is 12.1 Å². The van der Waals surface area contributed by atoms with Crippen molar-refractivity contribution in [3.05, 3.63) is 40.3 Å². The summed E-state index contributed by atoms with van der Waals surface area (Å²) in [7, 11) is 0. The highest BCUT2D eigenvalue weighted by atomic mass is 32.1. The quantitative estimate of drug-likeness (QED) is 0.362. The summed E-state index contributed by atoms with van der Waals surface area (Å²) < 4.78 is 72.2. The molecule has 1 aliphatic carbocycles. The molecule has 0 spiro atoms. The van der Waals surface area contributed by atoms with Gasteiger partial charge in [-0.2, -0.15) is 26.3 Å². The molecule has 5 N–H and O–H groups in total. The predicted octanol–water partition coefficient (Wildman–Crippen LogP) is 4.38. The number of nitrogens with zero attached hydrogens (tertiary/aromatic N) is 3. The summed E-state index contributed by atoms with van der Waals surface area (Å²) in [6, 6.07) is 4.38. The van der Waals surface area contributed by atoms with Gasteiger partial charge in [0.15, 0.2) is 0 Å². The molecule has 9 nitrogen and oxygen atoms in total. The monoisotopic (exact) mass is 538 g/mol. The summed E-state index contributed by atoms with van der Waals surface area (Å²) >= 11 is 0.527. The van der Waals surface area contributed by atoms with Crippen LogP contribution in [0, 0.1) is 0 Å². The minimum Gasteiger partial charge on any atom is -0.475 e. The number of rotatable bonds is 4. The molecule has 4 rings (SSSR count). The zero-order chi connectivity index (χ0) is 26.7. The SMILES string of the molecule is N[C@H]1CCCC[C@H]1Nc1ncc2ccc(C(=O)Nc3ccsc3C(F)(F)F)n2n1.O=C(O)C(F)(F)F. The van der Waals surface area contributed by atoms with E-state index in [1.165, 1.54) is 22.0 Å². The van der Waals surface area contributed by atoms with Crippen LogP contribution in [0.5, 0.6) is 0 Å². The molecule has 1 aliphatic rings. The maximum Gasteiger partial charge on any atom is 0.490 e. The molecular weight excluding hydrogens is 518 g/mol. The number of anilines is 2. The lowest BCUT2D eigenvalue weighted by Crippen LogP contribution is -2.43. The van der Waals surface area contributed by atoms with Gasteiger partial charge in [-0.25, -0.2) is 14.3 Å². The minimum atomic E-state index is -5.08. The van der Waals surface area contributed by atoms with Crippen molar-refractivity contribution in [3.63, 3.8) is 0 Å². The molecule has 0 unspecified atom stereocenters. The lowest BCUT2D eigenvalue weighted by atomic mass is 9.91. The second-order valence-electron chi connectivity index (χ2n) is 7.75. The molecule has 3 aromatic rings. The fourth-order valence-electron chi connectivity index (χ4n) is 3.46. The van der Waals surface area contributed by atoms with Crippen molar-refractivity contribution in [2.24, 2.45) is 5.73 Å². The zero-order valence-electron chi connectivity index (χ0n) is 18.2. The number of aromatic nitrogens is 3. The van der Waals surface area contributed by atoms with Crippen molar-refractivity contribution in [1.82, 2.24) is 14.6 Å². The first-order valence-electron chi connectivity index (χ1n) is 10.4. The van der Waals surface area contributed by atoms with Crippen molar-refractivity contribution in [2.75, 3.05) is 10.6 Å². The van der Waals surface area contributed by atoms with Crippen molar-refractivity contribution < 1.29 is 41.0 Å². The third kappa shape index (κ3) is 6.63. The van der Waals surface area contributed by atoms with Gasteiger partial charge in [0.25, 0.3) is 5.91 Å². The van der Waals surface area contributed by atoms with Gasteiger partial charge in [0.1, 0.15) is 10.6 Å². The first-order valence-corrected chi connectivity index (χ1v) is 11.3. The molecule has 196 valence electrons. The molecule has 0 radical (unpaired) electrons. The molecule has 1 amide bonds. The van der Waals surface area contributed by atoms with Crippen LogP contribution >= 0.6 is 11.3 Å². The Hall–Kier alpha value is -3.40. The Labute approximate surface area is 203 Å². The lowest BCUT2D eigenvalue weighted by Gasteiger charge is -2.29. The van der Waals surface area contributed by atoms with Crippen LogP contribution in [0.2, 0.25) is 0 Å². The van der Waals surface area contributed by atoms with Crippen LogP contribution < -0.4 is 16.4 Å². The highest BCUT2D eigenvalue weighted by Crippen LogP contribution is 2.39. The third-order valence-corrected chi connectivity index (χ3v) is 6.14. The van der Waals surface area contributed by atoms with E-state index in [-0.39, 0.29) is 23.5 Å². The molecule has 2 atom stereocenters. The van der Waals surface area contributed by atoms with Crippen molar-refractivity contribution >= 4 is 40.4 Å². The van der Waals surface area contributed by atoms with E-state index in [1.54, 1.807) is 12.3 Å². The summed E-state index contributed by atoms with van der Waals surface area (Å²) in [4.78, 5) is 24.9. The largest absolute Gasteiger partial charge is 0.490 e. The van der Waals surface area contributed by atoms with Crippen LogP contribution in [0.4, 0.5) is 38.0 Å². The molecule has 36 heavy (non-hydrogen) atoms. The molecule has 1 saturated carbocycles. The summed E-state index contributed by atoms with van der Waals surface area (Å²) in [6.45, 7) is 0. The first kappa shape index (κ1) is 27.2. The summed E-state index contributed by atoms with van der Waals surface area (Å²) in [5, 5.41) is 18.3. The Bertz CT molecular complexity index is 1220. The van der Waals surface area contributed by atoms with Crippen LogP contribution in [-0.2, 0) is 11.0 Å².